The Bertz CT molecular complexity index is 1230. The van der Waals surface area contributed by atoms with E-state index in [1.165, 1.54) is 24.6 Å². The highest BCUT2D eigenvalue weighted by molar-refractivity contribution is 7.85. The van der Waals surface area contributed by atoms with E-state index < -0.39 is 27.4 Å². The van der Waals surface area contributed by atoms with Crippen LogP contribution in [0.5, 0.6) is 0 Å². The molecule has 1 amide bonds. The molecule has 0 radical (unpaired) electrons. The number of furan rings is 1. The molecule has 37 heavy (non-hydrogen) atoms. The van der Waals surface area contributed by atoms with Gasteiger partial charge in [0.2, 0.25) is 11.7 Å². The summed E-state index contributed by atoms with van der Waals surface area (Å²) < 4.78 is 31.5. The molecule has 1 saturated heterocycles. The molecule has 0 saturated carbocycles. The molecular formula is C25H30FN5O5S. The molecule has 0 spiro atoms. The Kier molecular flexibility index (Phi) is 10.1. The number of hydrogen-bond donors (Lipinski definition) is 2. The van der Waals surface area contributed by atoms with E-state index in [-0.39, 0.29) is 30.2 Å². The summed E-state index contributed by atoms with van der Waals surface area (Å²) in [4.78, 5) is 29.2. The molecule has 1 fully saturated rings. The van der Waals surface area contributed by atoms with Crippen molar-refractivity contribution < 1.29 is 22.7 Å². The first-order valence-corrected chi connectivity index (χ1v) is 13.5. The van der Waals surface area contributed by atoms with Gasteiger partial charge in [0.1, 0.15) is 17.3 Å². The fourth-order valence-corrected chi connectivity index (χ4v) is 4.80. The van der Waals surface area contributed by atoms with Crippen LogP contribution in [-0.4, -0.2) is 44.6 Å². The van der Waals surface area contributed by atoms with E-state index in [9.17, 15) is 23.5 Å². The number of amides is 1. The van der Waals surface area contributed by atoms with Crippen LogP contribution in [0.1, 0.15) is 31.6 Å². The maximum atomic E-state index is 14.7. The van der Waals surface area contributed by atoms with Crippen molar-refractivity contribution in [1.29, 1.82) is 0 Å². The Hall–Kier alpha value is -3.80. The molecule has 0 aliphatic carbocycles. The Morgan fingerprint density at radius 2 is 2.00 bits per heavy atom. The van der Waals surface area contributed by atoms with Crippen molar-refractivity contribution in [3.05, 3.63) is 76.1 Å². The number of aromatic nitrogens is 1. The van der Waals surface area contributed by atoms with Crippen LogP contribution in [0.2, 0.25) is 0 Å². The summed E-state index contributed by atoms with van der Waals surface area (Å²) >= 11 is 0. The van der Waals surface area contributed by atoms with E-state index in [0.29, 0.717) is 48.0 Å². The van der Waals surface area contributed by atoms with Crippen molar-refractivity contribution in [2.24, 2.45) is 0 Å². The third kappa shape index (κ3) is 7.59. The minimum Gasteiger partial charge on any atom is -0.469 e. The van der Waals surface area contributed by atoms with Gasteiger partial charge in [0.05, 0.1) is 16.9 Å². The van der Waals surface area contributed by atoms with Crippen molar-refractivity contribution in [3.8, 4) is 0 Å². The van der Waals surface area contributed by atoms with Gasteiger partial charge in [-0.05, 0) is 35.9 Å². The van der Waals surface area contributed by atoms with Gasteiger partial charge in [-0.1, -0.05) is 19.9 Å². The number of carbonyl (C=O) groups excluding carboxylic acids is 1. The molecule has 1 aliphatic heterocycles. The summed E-state index contributed by atoms with van der Waals surface area (Å²) in [5.41, 5.74) is 0.799. The molecule has 2 aromatic heterocycles. The molecule has 0 atom stereocenters. The van der Waals surface area contributed by atoms with Gasteiger partial charge >= 0.3 is 5.69 Å². The van der Waals surface area contributed by atoms with Gasteiger partial charge in [-0.15, -0.1) is 0 Å². The van der Waals surface area contributed by atoms with Gasteiger partial charge in [-0.25, -0.2) is 9.37 Å². The standard InChI is InChI=1S/C23H24FN5O5S.C2H6/c24-18-14-16(3-5-20(18)28-9-12-35(33)13-10-28)15-26-19-7-8-25-23(22(19)29(31)32)27-21(30)6-4-17-2-1-11-34-17;1-2/h1-3,5,7-8,11,14H,4,6,9-10,12-13,15H2,(H2,25,26,27,30);1-2H3. The van der Waals surface area contributed by atoms with Gasteiger partial charge in [0.15, 0.2) is 0 Å². The summed E-state index contributed by atoms with van der Waals surface area (Å²) in [6, 6.07) is 9.65. The van der Waals surface area contributed by atoms with Gasteiger partial charge in [-0.3, -0.25) is 19.1 Å². The van der Waals surface area contributed by atoms with Crippen molar-refractivity contribution in [2.75, 3.05) is 40.1 Å². The lowest BCUT2D eigenvalue weighted by Gasteiger charge is -2.28. The number of benzene rings is 1. The highest BCUT2D eigenvalue weighted by Gasteiger charge is 2.23. The number of carbonyl (C=O) groups is 1. The Labute approximate surface area is 216 Å². The van der Waals surface area contributed by atoms with E-state index in [1.54, 1.807) is 24.3 Å². The quantitative estimate of drug-likeness (QED) is 0.305. The van der Waals surface area contributed by atoms with Crippen LogP contribution in [0.15, 0.2) is 53.3 Å². The summed E-state index contributed by atoms with van der Waals surface area (Å²) in [7, 11) is -0.855. The number of halogens is 1. The van der Waals surface area contributed by atoms with E-state index >= 15 is 0 Å². The van der Waals surface area contributed by atoms with Crippen molar-refractivity contribution >= 4 is 39.6 Å². The molecule has 3 aromatic rings. The van der Waals surface area contributed by atoms with Crippen LogP contribution >= 0.6 is 0 Å². The lowest BCUT2D eigenvalue weighted by molar-refractivity contribution is -0.383. The first kappa shape index (κ1) is 27.8. The van der Waals surface area contributed by atoms with Gasteiger partial charge < -0.3 is 20.0 Å². The maximum absolute atomic E-state index is 14.7. The minimum atomic E-state index is -0.855. The zero-order valence-corrected chi connectivity index (χ0v) is 21.6. The highest BCUT2D eigenvalue weighted by atomic mass is 32.2. The third-order valence-electron chi connectivity index (χ3n) is 5.56. The fourth-order valence-electron chi connectivity index (χ4n) is 3.75. The average Bonchev–Trinajstić information content (AvgIpc) is 3.42. The van der Waals surface area contributed by atoms with Crippen LogP contribution in [0, 0.1) is 15.9 Å². The first-order chi connectivity index (χ1) is 17.9. The summed E-state index contributed by atoms with van der Waals surface area (Å²) in [5, 5.41) is 17.2. The van der Waals surface area contributed by atoms with Gasteiger partial charge in [-0.2, -0.15) is 0 Å². The second-order valence-corrected chi connectivity index (χ2v) is 9.61. The van der Waals surface area contributed by atoms with Crippen molar-refractivity contribution in [1.82, 2.24) is 4.98 Å². The zero-order valence-electron chi connectivity index (χ0n) is 20.7. The molecule has 10 nitrogen and oxygen atoms in total. The Balaban J connectivity index is 0.00000186. The van der Waals surface area contributed by atoms with Crippen LogP contribution in [0.25, 0.3) is 0 Å². The predicted molar refractivity (Wildman–Crippen MR) is 142 cm³/mol. The van der Waals surface area contributed by atoms with Crippen LogP contribution in [0.3, 0.4) is 0 Å². The molecule has 4 rings (SSSR count). The zero-order chi connectivity index (χ0) is 26.8. The smallest absolute Gasteiger partial charge is 0.334 e. The number of rotatable bonds is 9. The molecular weight excluding hydrogens is 501 g/mol. The largest absolute Gasteiger partial charge is 0.469 e. The van der Waals surface area contributed by atoms with Crippen LogP contribution < -0.4 is 15.5 Å². The van der Waals surface area contributed by atoms with Crippen LogP contribution in [-0.2, 0) is 28.6 Å². The lowest BCUT2D eigenvalue weighted by atomic mass is 10.1. The second-order valence-electron chi connectivity index (χ2n) is 7.91. The number of anilines is 3. The average molecular weight is 532 g/mol. The number of nitrogens with zero attached hydrogens (tertiary/aromatic N) is 3. The fraction of sp³-hybridized carbons (Fsp3) is 0.360. The number of hydrogen-bond acceptors (Lipinski definition) is 8. The normalized spacial score (nSPS) is 13.4. The molecule has 1 aromatic carbocycles. The SMILES string of the molecule is CC.O=C(CCc1ccco1)Nc1nccc(NCc2ccc(N3CCS(=O)CC3)c(F)c2)c1[N+](=O)[O-]. The Morgan fingerprint density at radius 1 is 1.24 bits per heavy atom. The monoisotopic (exact) mass is 531 g/mol. The predicted octanol–water partition coefficient (Wildman–Crippen LogP) is 4.50. The summed E-state index contributed by atoms with van der Waals surface area (Å²) in [6.45, 7) is 5.18. The second kappa shape index (κ2) is 13.5. The van der Waals surface area contributed by atoms with Gasteiger partial charge in [0.25, 0.3) is 0 Å². The highest BCUT2D eigenvalue weighted by Crippen LogP contribution is 2.31. The van der Waals surface area contributed by atoms with Crippen LogP contribution in [0.4, 0.5) is 27.3 Å². The lowest BCUT2D eigenvalue weighted by Crippen LogP contribution is -2.38. The van der Waals surface area contributed by atoms with Crippen molar-refractivity contribution in [2.45, 2.75) is 33.2 Å². The number of pyridine rings is 1. The number of aryl methyl sites for hydroxylation is 1. The summed E-state index contributed by atoms with van der Waals surface area (Å²) in [5.74, 6) is 0.630. The molecule has 0 bridgehead atoms. The number of nitrogens with one attached hydrogen (secondary N) is 2. The minimum absolute atomic E-state index is 0.0720. The third-order valence-corrected chi connectivity index (χ3v) is 6.83. The molecule has 0 unspecified atom stereocenters. The van der Waals surface area contributed by atoms with E-state index in [4.69, 9.17) is 4.42 Å². The van der Waals surface area contributed by atoms with Gasteiger partial charge in [0, 0.05) is 61.0 Å². The topological polar surface area (TPSA) is 131 Å². The summed E-state index contributed by atoms with van der Waals surface area (Å²) in [6.07, 6.45) is 3.27. The van der Waals surface area contributed by atoms with E-state index in [1.807, 2.05) is 18.7 Å². The van der Waals surface area contributed by atoms with E-state index in [0.717, 1.165) is 0 Å². The maximum Gasteiger partial charge on any atom is 0.334 e. The molecule has 1 aliphatic rings. The molecule has 2 N–H and O–H groups in total. The molecule has 3 heterocycles. The number of nitro groups is 1. The first-order valence-electron chi connectivity index (χ1n) is 12.0. The van der Waals surface area contributed by atoms with Crippen molar-refractivity contribution in [3.63, 3.8) is 0 Å². The van der Waals surface area contributed by atoms with E-state index in [2.05, 4.69) is 15.6 Å². The molecule has 12 heteroatoms. The molecule has 198 valence electrons. The Morgan fingerprint density at radius 3 is 2.65 bits per heavy atom.